The molecule has 0 aromatic heterocycles. The summed E-state index contributed by atoms with van der Waals surface area (Å²) < 4.78 is 24.0. The number of aliphatic imine (C=N–C) groups is 1. The van der Waals surface area contributed by atoms with E-state index in [9.17, 15) is 9.18 Å². The molecule has 0 N–H and O–H groups in total. The Balaban J connectivity index is 1.46. The maximum absolute atomic E-state index is 13.0. The number of hydrogen-bond acceptors (Lipinski definition) is 4. The first kappa shape index (κ1) is 17.7. The average molecular weight is 373 g/mol. The molecule has 4 nitrogen and oxygen atoms in total. The van der Waals surface area contributed by atoms with Gasteiger partial charge in [0, 0.05) is 5.56 Å². The standard InChI is InChI=1S/C23H16FNO3/c24-19-10-8-18(9-11-19)22-25-21(23(26)28-22)14-16-6-12-20(13-7-16)27-15-17-4-2-1-3-5-17/h1-14H,15H2. The van der Waals surface area contributed by atoms with E-state index in [1.54, 1.807) is 6.08 Å². The molecular weight excluding hydrogens is 357 g/mol. The second kappa shape index (κ2) is 7.88. The van der Waals surface area contributed by atoms with E-state index in [4.69, 9.17) is 9.47 Å². The van der Waals surface area contributed by atoms with Crippen LogP contribution in [-0.2, 0) is 16.1 Å². The second-order valence-electron chi connectivity index (χ2n) is 6.19. The smallest absolute Gasteiger partial charge is 0.363 e. The highest BCUT2D eigenvalue weighted by molar-refractivity contribution is 6.12. The van der Waals surface area contributed by atoms with Gasteiger partial charge in [-0.15, -0.1) is 0 Å². The lowest BCUT2D eigenvalue weighted by Crippen LogP contribution is -2.05. The van der Waals surface area contributed by atoms with Gasteiger partial charge < -0.3 is 9.47 Å². The monoisotopic (exact) mass is 373 g/mol. The largest absolute Gasteiger partial charge is 0.489 e. The van der Waals surface area contributed by atoms with Crippen LogP contribution in [0.2, 0.25) is 0 Å². The summed E-state index contributed by atoms with van der Waals surface area (Å²) in [7, 11) is 0. The van der Waals surface area contributed by atoms with Crippen LogP contribution in [0.25, 0.3) is 6.08 Å². The summed E-state index contributed by atoms with van der Waals surface area (Å²) in [6, 6.07) is 22.9. The second-order valence-corrected chi connectivity index (χ2v) is 6.19. The van der Waals surface area contributed by atoms with E-state index in [-0.39, 0.29) is 17.4 Å². The minimum atomic E-state index is -0.538. The first-order valence-electron chi connectivity index (χ1n) is 8.73. The SMILES string of the molecule is O=C1OC(c2ccc(F)cc2)=NC1=Cc1ccc(OCc2ccccc2)cc1. The normalized spacial score (nSPS) is 14.7. The van der Waals surface area contributed by atoms with Crippen LogP contribution in [0, 0.1) is 5.82 Å². The van der Waals surface area contributed by atoms with Crippen molar-refractivity contribution >= 4 is 17.9 Å². The molecule has 0 radical (unpaired) electrons. The topological polar surface area (TPSA) is 47.9 Å². The van der Waals surface area contributed by atoms with Crippen LogP contribution in [-0.4, -0.2) is 11.9 Å². The van der Waals surface area contributed by atoms with Gasteiger partial charge in [0.05, 0.1) is 0 Å². The Morgan fingerprint density at radius 1 is 0.929 bits per heavy atom. The predicted octanol–water partition coefficient (Wildman–Crippen LogP) is 4.75. The van der Waals surface area contributed by atoms with Gasteiger partial charge in [0.2, 0.25) is 5.90 Å². The first-order chi connectivity index (χ1) is 13.7. The highest BCUT2D eigenvalue weighted by Crippen LogP contribution is 2.21. The Bertz CT molecular complexity index is 1040. The molecule has 28 heavy (non-hydrogen) atoms. The van der Waals surface area contributed by atoms with Gasteiger partial charge in [-0.1, -0.05) is 42.5 Å². The number of carbonyl (C=O) groups excluding carboxylic acids is 1. The Morgan fingerprint density at radius 3 is 2.36 bits per heavy atom. The zero-order valence-electron chi connectivity index (χ0n) is 14.8. The molecular formula is C23H16FNO3. The number of cyclic esters (lactones) is 1. The molecule has 0 bridgehead atoms. The van der Waals surface area contributed by atoms with E-state index in [0.29, 0.717) is 12.2 Å². The van der Waals surface area contributed by atoms with E-state index in [0.717, 1.165) is 16.9 Å². The molecule has 0 spiro atoms. The van der Waals surface area contributed by atoms with Crippen molar-refractivity contribution < 1.29 is 18.7 Å². The molecule has 0 unspecified atom stereocenters. The van der Waals surface area contributed by atoms with E-state index in [1.165, 1.54) is 24.3 Å². The van der Waals surface area contributed by atoms with Crippen LogP contribution >= 0.6 is 0 Å². The maximum atomic E-state index is 13.0. The number of carbonyl (C=O) groups is 1. The highest BCUT2D eigenvalue weighted by Gasteiger charge is 2.24. The molecule has 5 heteroatoms. The molecule has 3 aromatic carbocycles. The molecule has 4 rings (SSSR count). The van der Waals surface area contributed by atoms with Crippen molar-refractivity contribution in [2.24, 2.45) is 4.99 Å². The summed E-state index contributed by atoms with van der Waals surface area (Å²) in [5, 5.41) is 0. The number of esters is 1. The van der Waals surface area contributed by atoms with Crippen LogP contribution in [0.5, 0.6) is 5.75 Å². The third-order valence-electron chi connectivity index (χ3n) is 4.14. The molecule has 0 atom stereocenters. The molecule has 1 heterocycles. The van der Waals surface area contributed by atoms with Crippen molar-refractivity contribution in [3.63, 3.8) is 0 Å². The highest BCUT2D eigenvalue weighted by atomic mass is 19.1. The van der Waals surface area contributed by atoms with Crippen molar-refractivity contribution in [1.82, 2.24) is 0 Å². The van der Waals surface area contributed by atoms with Crippen LogP contribution in [0.1, 0.15) is 16.7 Å². The summed E-state index contributed by atoms with van der Waals surface area (Å²) >= 11 is 0. The quantitative estimate of drug-likeness (QED) is 0.479. The van der Waals surface area contributed by atoms with E-state index < -0.39 is 5.97 Å². The van der Waals surface area contributed by atoms with Crippen LogP contribution in [0.15, 0.2) is 89.6 Å². The lowest BCUT2D eigenvalue weighted by molar-refractivity contribution is -0.129. The summed E-state index contributed by atoms with van der Waals surface area (Å²) in [6.45, 7) is 0.485. The molecule has 0 saturated carbocycles. The fraction of sp³-hybridized carbons (Fsp3) is 0.0435. The zero-order valence-corrected chi connectivity index (χ0v) is 14.8. The molecule has 1 aliphatic heterocycles. The average Bonchev–Trinajstić information content (AvgIpc) is 3.09. The molecule has 0 saturated heterocycles. The number of rotatable bonds is 5. The summed E-state index contributed by atoms with van der Waals surface area (Å²) in [5.74, 6) is -0.00249. The lowest BCUT2D eigenvalue weighted by Gasteiger charge is -2.06. The summed E-state index contributed by atoms with van der Waals surface area (Å²) in [4.78, 5) is 16.3. The van der Waals surface area contributed by atoms with Crippen molar-refractivity contribution in [2.45, 2.75) is 6.61 Å². The predicted molar refractivity (Wildman–Crippen MR) is 104 cm³/mol. The van der Waals surface area contributed by atoms with Gasteiger partial charge in [0.1, 0.15) is 18.2 Å². The molecule has 3 aromatic rings. The summed E-state index contributed by atoms with van der Waals surface area (Å²) in [5.41, 5.74) is 2.62. The molecule has 0 amide bonds. The van der Waals surface area contributed by atoms with Crippen LogP contribution < -0.4 is 4.74 Å². The fourth-order valence-corrected chi connectivity index (χ4v) is 2.68. The van der Waals surface area contributed by atoms with Crippen LogP contribution in [0.4, 0.5) is 4.39 Å². The number of hydrogen-bond donors (Lipinski definition) is 0. The first-order valence-corrected chi connectivity index (χ1v) is 8.73. The van der Waals surface area contributed by atoms with E-state index >= 15 is 0 Å². The minimum absolute atomic E-state index is 0.166. The molecule has 138 valence electrons. The van der Waals surface area contributed by atoms with Gasteiger partial charge in [-0.25, -0.2) is 14.2 Å². The number of benzene rings is 3. The van der Waals surface area contributed by atoms with Crippen molar-refractivity contribution in [2.75, 3.05) is 0 Å². The fourth-order valence-electron chi connectivity index (χ4n) is 2.68. The molecule has 1 aliphatic rings. The third kappa shape index (κ3) is 4.15. The number of ether oxygens (including phenoxy) is 2. The third-order valence-corrected chi connectivity index (χ3v) is 4.14. The Hall–Kier alpha value is -3.73. The van der Waals surface area contributed by atoms with Gasteiger partial charge in [-0.05, 0) is 53.6 Å². The van der Waals surface area contributed by atoms with Gasteiger partial charge in [-0.3, -0.25) is 0 Å². The van der Waals surface area contributed by atoms with Crippen molar-refractivity contribution in [3.05, 3.63) is 107 Å². The van der Waals surface area contributed by atoms with Gasteiger partial charge in [0.25, 0.3) is 0 Å². The molecule has 0 fully saturated rings. The van der Waals surface area contributed by atoms with E-state index in [2.05, 4.69) is 4.99 Å². The van der Waals surface area contributed by atoms with Crippen molar-refractivity contribution in [1.29, 1.82) is 0 Å². The Labute approximate surface area is 161 Å². The minimum Gasteiger partial charge on any atom is -0.489 e. The van der Waals surface area contributed by atoms with Gasteiger partial charge in [-0.2, -0.15) is 0 Å². The number of halogens is 1. The molecule has 0 aliphatic carbocycles. The van der Waals surface area contributed by atoms with Gasteiger partial charge >= 0.3 is 5.97 Å². The van der Waals surface area contributed by atoms with Crippen LogP contribution in [0.3, 0.4) is 0 Å². The summed E-state index contributed by atoms with van der Waals surface area (Å²) in [6.07, 6.45) is 1.64. The van der Waals surface area contributed by atoms with E-state index in [1.807, 2.05) is 54.6 Å². The lowest BCUT2D eigenvalue weighted by atomic mass is 10.2. The number of nitrogens with zero attached hydrogens (tertiary/aromatic N) is 1. The Morgan fingerprint density at radius 2 is 1.64 bits per heavy atom. The van der Waals surface area contributed by atoms with Gasteiger partial charge in [0.15, 0.2) is 5.70 Å². The zero-order chi connectivity index (χ0) is 19.3. The maximum Gasteiger partial charge on any atom is 0.363 e. The van der Waals surface area contributed by atoms with Crippen molar-refractivity contribution in [3.8, 4) is 5.75 Å². The Kier molecular flexibility index (Phi) is 4.97.